The maximum atomic E-state index is 14.9. The van der Waals surface area contributed by atoms with Gasteiger partial charge in [0.2, 0.25) is 0 Å². The molecule has 6 heteroatoms. The number of carbonyl (C=O) groups excluding carboxylic acids is 1. The molecule has 0 aromatic heterocycles. The van der Waals surface area contributed by atoms with Gasteiger partial charge in [-0.05, 0) is 66.2 Å². The van der Waals surface area contributed by atoms with Crippen molar-refractivity contribution in [3.05, 3.63) is 142 Å². The molecule has 2 fully saturated rings. The summed E-state index contributed by atoms with van der Waals surface area (Å²) in [6.45, 7) is 1.07. The number of likely N-dealkylation sites (tertiary alicyclic amines) is 1. The third-order valence-electron chi connectivity index (χ3n) is 7.61. The Kier molecular flexibility index (Phi) is 7.05. The monoisotopic (exact) mass is 554 g/mol. The molecule has 0 amide bonds. The highest BCUT2D eigenvalue weighted by atomic mass is 35.5. The maximum absolute atomic E-state index is 14.9. The number of para-hydroxylation sites is 1. The van der Waals surface area contributed by atoms with Gasteiger partial charge in [-0.3, -0.25) is 9.63 Å². The lowest BCUT2D eigenvalue weighted by Gasteiger charge is -2.44. The Hall–Kier alpha value is -3.41. The van der Waals surface area contributed by atoms with Crippen molar-refractivity contribution < 1.29 is 9.63 Å². The molecule has 0 N–H and O–H groups in total. The number of nitrogens with zero attached hydrogens (tertiary/aromatic N) is 2. The molecule has 39 heavy (non-hydrogen) atoms. The van der Waals surface area contributed by atoms with Crippen molar-refractivity contribution in [1.82, 2.24) is 4.90 Å². The van der Waals surface area contributed by atoms with Crippen LogP contribution in [0.25, 0.3) is 6.08 Å². The van der Waals surface area contributed by atoms with E-state index < -0.39 is 11.5 Å². The predicted octanol–water partition coefficient (Wildman–Crippen LogP) is 7.81. The molecule has 2 heterocycles. The second-order valence-corrected chi connectivity index (χ2v) is 11.1. The molecule has 2 saturated heterocycles. The minimum atomic E-state index is -0.934. The summed E-state index contributed by atoms with van der Waals surface area (Å²) in [4.78, 5) is 24.0. The van der Waals surface area contributed by atoms with Gasteiger partial charge < -0.3 is 4.90 Å². The van der Waals surface area contributed by atoms with Gasteiger partial charge in [0.1, 0.15) is 11.5 Å². The van der Waals surface area contributed by atoms with Crippen molar-refractivity contribution in [2.75, 3.05) is 25.2 Å². The van der Waals surface area contributed by atoms with E-state index in [9.17, 15) is 4.79 Å². The van der Waals surface area contributed by atoms with Gasteiger partial charge in [0.15, 0.2) is 5.78 Å². The number of ketones is 1. The minimum absolute atomic E-state index is 0.0859. The van der Waals surface area contributed by atoms with Crippen molar-refractivity contribution in [2.24, 2.45) is 5.41 Å². The third-order valence-corrected chi connectivity index (χ3v) is 8.11. The van der Waals surface area contributed by atoms with Gasteiger partial charge in [0.25, 0.3) is 0 Å². The van der Waals surface area contributed by atoms with Crippen LogP contribution in [0, 0.1) is 5.41 Å². The van der Waals surface area contributed by atoms with Crippen LogP contribution >= 0.6 is 23.2 Å². The Morgan fingerprint density at radius 2 is 1.38 bits per heavy atom. The molecule has 1 unspecified atom stereocenters. The predicted molar refractivity (Wildman–Crippen MR) is 158 cm³/mol. The normalized spacial score (nSPS) is 24.5. The highest BCUT2D eigenvalue weighted by Crippen LogP contribution is 2.59. The van der Waals surface area contributed by atoms with Gasteiger partial charge >= 0.3 is 0 Å². The summed E-state index contributed by atoms with van der Waals surface area (Å²) in [7, 11) is 2.07. The number of likely N-dealkylation sites (N-methyl/N-ethyl adjacent to an activating group) is 1. The van der Waals surface area contributed by atoms with E-state index in [2.05, 4.69) is 24.1 Å². The summed E-state index contributed by atoms with van der Waals surface area (Å²) in [5.74, 6) is 0.0859. The van der Waals surface area contributed by atoms with Gasteiger partial charge in [0.05, 0.1) is 11.7 Å². The van der Waals surface area contributed by atoms with Crippen molar-refractivity contribution in [2.45, 2.75) is 12.1 Å². The second-order valence-electron chi connectivity index (χ2n) is 10.3. The van der Waals surface area contributed by atoms with Gasteiger partial charge in [-0.15, -0.1) is 0 Å². The lowest BCUT2D eigenvalue weighted by molar-refractivity contribution is -0.133. The number of hydrogen-bond acceptors (Lipinski definition) is 4. The molecule has 0 saturated carbocycles. The van der Waals surface area contributed by atoms with Gasteiger partial charge in [-0.1, -0.05) is 96.0 Å². The van der Waals surface area contributed by atoms with Crippen LogP contribution in [0.1, 0.15) is 28.8 Å². The highest BCUT2D eigenvalue weighted by Gasteiger charge is 2.63. The molecule has 0 aliphatic carbocycles. The van der Waals surface area contributed by atoms with Crippen LogP contribution in [-0.4, -0.2) is 30.8 Å². The number of Topliss-reactive ketones (excluding diaryl/α,β-unsaturated/α-hetero) is 1. The highest BCUT2D eigenvalue weighted by molar-refractivity contribution is 6.30. The van der Waals surface area contributed by atoms with E-state index in [4.69, 9.17) is 28.0 Å². The topological polar surface area (TPSA) is 32.8 Å². The van der Waals surface area contributed by atoms with Crippen LogP contribution in [-0.2, 0) is 9.63 Å². The fraction of sp³-hybridized carbons (Fsp3) is 0.182. The Balaban J connectivity index is 1.57. The van der Waals surface area contributed by atoms with E-state index in [0.29, 0.717) is 23.1 Å². The Labute approximate surface area is 239 Å². The summed E-state index contributed by atoms with van der Waals surface area (Å²) in [5.41, 5.74) is 3.57. The van der Waals surface area contributed by atoms with Crippen LogP contribution in [0.5, 0.6) is 0 Å². The number of halogens is 2. The van der Waals surface area contributed by atoms with Crippen LogP contribution in [0.2, 0.25) is 10.0 Å². The van der Waals surface area contributed by atoms with Crippen molar-refractivity contribution in [3.8, 4) is 0 Å². The first kappa shape index (κ1) is 25.8. The molecule has 2 aliphatic rings. The third kappa shape index (κ3) is 4.79. The maximum Gasteiger partial charge on any atom is 0.173 e. The summed E-state index contributed by atoms with van der Waals surface area (Å²) in [5, 5.41) is 3.24. The molecule has 4 aromatic carbocycles. The zero-order chi connectivity index (χ0) is 27.0. The molecule has 0 radical (unpaired) electrons. The summed E-state index contributed by atoms with van der Waals surface area (Å²) in [6.07, 6.45) is 1.45. The molecule has 0 bridgehead atoms. The van der Waals surface area contributed by atoms with E-state index in [1.165, 1.54) is 0 Å². The second kappa shape index (κ2) is 10.6. The van der Waals surface area contributed by atoms with Crippen molar-refractivity contribution >= 4 is 40.7 Å². The fourth-order valence-corrected chi connectivity index (χ4v) is 6.24. The first-order chi connectivity index (χ1) is 19.0. The van der Waals surface area contributed by atoms with Crippen molar-refractivity contribution in [3.63, 3.8) is 0 Å². The van der Waals surface area contributed by atoms with Crippen molar-refractivity contribution in [1.29, 1.82) is 0 Å². The molecule has 2 aliphatic heterocycles. The zero-order valence-corrected chi connectivity index (χ0v) is 23.0. The number of rotatable bonds is 4. The van der Waals surface area contributed by atoms with E-state index in [1.54, 1.807) is 0 Å². The Morgan fingerprint density at radius 3 is 2.03 bits per heavy atom. The first-order valence-electron chi connectivity index (χ1n) is 13.0. The molecular weight excluding hydrogens is 527 g/mol. The average Bonchev–Trinajstić information content (AvgIpc) is 3.29. The molecule has 196 valence electrons. The van der Waals surface area contributed by atoms with E-state index in [0.717, 1.165) is 28.0 Å². The summed E-state index contributed by atoms with van der Waals surface area (Å²) >= 11 is 12.4. The Morgan fingerprint density at radius 1 is 0.795 bits per heavy atom. The number of hydrogen-bond donors (Lipinski definition) is 0. The molecule has 4 nitrogen and oxygen atoms in total. The van der Waals surface area contributed by atoms with E-state index in [-0.39, 0.29) is 11.8 Å². The van der Waals surface area contributed by atoms with Gasteiger partial charge in [0, 0.05) is 28.7 Å². The largest absolute Gasteiger partial charge is 0.301 e. The van der Waals surface area contributed by atoms with E-state index in [1.807, 2.05) is 108 Å². The molecule has 3 atom stereocenters. The van der Waals surface area contributed by atoms with Crippen LogP contribution in [0.15, 0.2) is 115 Å². The lowest BCUT2D eigenvalue weighted by atomic mass is 9.64. The van der Waals surface area contributed by atoms with Crippen LogP contribution < -0.4 is 5.06 Å². The SMILES string of the molecule is CN1C/C(=C\c2ccc(Cl)cc2)C(=O)C2(C1)[C@@H](c1ccc(Cl)cc1)ON(c1ccccc1)[C@@H]2c1ccccc1. The van der Waals surface area contributed by atoms with Gasteiger partial charge in [-0.25, -0.2) is 5.06 Å². The van der Waals surface area contributed by atoms with Crippen LogP contribution in [0.3, 0.4) is 0 Å². The number of benzene rings is 4. The standard InChI is InChI=1S/C33H28Cl2N2O2/c1-36-21-26(20-23-12-16-27(34)17-13-23)31(38)33(22-36)30(24-8-4-2-5-9-24)37(29-10-6-3-7-11-29)39-32(33)25-14-18-28(35)19-15-25/h2-20,30,32H,21-22H2,1H3/b26-20+/t30-,32-,33?/m1/s1. The summed E-state index contributed by atoms with van der Waals surface area (Å²) in [6, 6.07) is 35.1. The molecule has 1 spiro atoms. The quantitative estimate of drug-likeness (QED) is 0.241. The summed E-state index contributed by atoms with van der Waals surface area (Å²) < 4.78 is 0. The smallest absolute Gasteiger partial charge is 0.173 e. The number of piperidine rings is 1. The number of carbonyl (C=O) groups is 1. The van der Waals surface area contributed by atoms with Gasteiger partial charge in [-0.2, -0.15) is 0 Å². The Bertz CT molecular complexity index is 1490. The first-order valence-corrected chi connectivity index (χ1v) is 13.7. The van der Waals surface area contributed by atoms with E-state index >= 15 is 0 Å². The zero-order valence-electron chi connectivity index (χ0n) is 21.5. The fourth-order valence-electron chi connectivity index (χ4n) is 5.99. The molecule has 6 rings (SSSR count). The number of anilines is 1. The lowest BCUT2D eigenvalue weighted by Crippen LogP contribution is -2.54. The van der Waals surface area contributed by atoms with Crippen LogP contribution in [0.4, 0.5) is 5.69 Å². The minimum Gasteiger partial charge on any atom is -0.301 e. The average molecular weight is 556 g/mol. The molecular formula is C33H28Cl2N2O2. The molecule has 4 aromatic rings. The number of hydroxylamine groups is 1.